The fourth-order valence-electron chi connectivity index (χ4n) is 1.83. The lowest BCUT2D eigenvalue weighted by Gasteiger charge is -2.11. The Balaban J connectivity index is 2.02. The second-order valence-corrected chi connectivity index (χ2v) is 4.56. The molecule has 0 atom stereocenters. The summed E-state index contributed by atoms with van der Waals surface area (Å²) in [7, 11) is 3.04. The zero-order valence-corrected chi connectivity index (χ0v) is 13.0. The number of carbonyl (C=O) groups is 2. The van der Waals surface area contributed by atoms with E-state index >= 15 is 0 Å². The summed E-state index contributed by atoms with van der Waals surface area (Å²) in [6.07, 6.45) is 1.36. The highest BCUT2D eigenvalue weighted by molar-refractivity contribution is 5.92. The number of amides is 2. The Bertz CT molecular complexity index is 713. The van der Waals surface area contributed by atoms with E-state index in [-0.39, 0.29) is 24.2 Å². The molecule has 1 aromatic carbocycles. The summed E-state index contributed by atoms with van der Waals surface area (Å²) < 4.78 is 10.3. The standard InChI is InChI=1S/C14H17N5O4/c1-9(20)16-13-7-15-19(18-13)8-14(21)17-11-5-4-10(22-2)6-12(11)23-3/h4-7H,8H2,1-3H3,(H,17,21)(H,16,18,20). The number of benzene rings is 1. The second kappa shape index (κ2) is 7.25. The van der Waals surface area contributed by atoms with Gasteiger partial charge in [0.05, 0.1) is 26.1 Å². The first-order chi connectivity index (χ1) is 11.0. The van der Waals surface area contributed by atoms with Gasteiger partial charge in [-0.25, -0.2) is 0 Å². The SMILES string of the molecule is COc1ccc(NC(=O)Cn2ncc(NC(C)=O)n2)c(OC)c1. The van der Waals surface area contributed by atoms with E-state index in [0.717, 1.165) is 0 Å². The molecule has 2 rings (SSSR count). The Morgan fingerprint density at radius 3 is 2.65 bits per heavy atom. The van der Waals surface area contributed by atoms with Gasteiger partial charge in [0.15, 0.2) is 5.82 Å². The Morgan fingerprint density at radius 2 is 2.00 bits per heavy atom. The van der Waals surface area contributed by atoms with E-state index in [1.807, 2.05) is 0 Å². The highest BCUT2D eigenvalue weighted by atomic mass is 16.5. The van der Waals surface area contributed by atoms with E-state index in [1.165, 1.54) is 25.0 Å². The quantitative estimate of drug-likeness (QED) is 0.819. The molecule has 0 spiro atoms. The summed E-state index contributed by atoms with van der Waals surface area (Å²) in [6.45, 7) is 1.26. The minimum atomic E-state index is -0.335. The van der Waals surface area contributed by atoms with Gasteiger partial charge in [-0.3, -0.25) is 9.59 Å². The molecule has 0 saturated heterocycles. The molecular formula is C14H17N5O4. The van der Waals surface area contributed by atoms with Gasteiger partial charge in [0.25, 0.3) is 0 Å². The van der Waals surface area contributed by atoms with Gasteiger partial charge in [-0.15, -0.1) is 5.10 Å². The lowest BCUT2D eigenvalue weighted by molar-refractivity contribution is -0.117. The average molecular weight is 319 g/mol. The maximum absolute atomic E-state index is 12.0. The van der Waals surface area contributed by atoms with Crippen LogP contribution < -0.4 is 20.1 Å². The predicted octanol–water partition coefficient (Wildman–Crippen LogP) is 0.892. The average Bonchev–Trinajstić information content (AvgIpc) is 2.93. The maximum Gasteiger partial charge on any atom is 0.248 e. The van der Waals surface area contributed by atoms with Crippen LogP contribution in [-0.4, -0.2) is 41.0 Å². The van der Waals surface area contributed by atoms with Crippen molar-refractivity contribution < 1.29 is 19.1 Å². The van der Waals surface area contributed by atoms with Crippen molar-refractivity contribution in [1.82, 2.24) is 15.0 Å². The molecular weight excluding hydrogens is 302 g/mol. The molecule has 9 nitrogen and oxygen atoms in total. The van der Waals surface area contributed by atoms with Crippen molar-refractivity contribution in [2.24, 2.45) is 0 Å². The highest BCUT2D eigenvalue weighted by Crippen LogP contribution is 2.28. The molecule has 2 amide bonds. The van der Waals surface area contributed by atoms with Crippen molar-refractivity contribution in [2.45, 2.75) is 13.5 Å². The fraction of sp³-hybridized carbons (Fsp3) is 0.286. The minimum absolute atomic E-state index is 0.102. The molecule has 0 bridgehead atoms. The molecule has 0 unspecified atom stereocenters. The lowest BCUT2D eigenvalue weighted by atomic mass is 10.2. The van der Waals surface area contributed by atoms with Crippen molar-refractivity contribution in [3.05, 3.63) is 24.4 Å². The molecule has 0 radical (unpaired) electrons. The third kappa shape index (κ3) is 4.43. The van der Waals surface area contributed by atoms with Gasteiger partial charge in [-0.05, 0) is 12.1 Å². The molecule has 0 fully saturated rings. The van der Waals surface area contributed by atoms with E-state index < -0.39 is 0 Å². The number of aromatic nitrogens is 3. The zero-order chi connectivity index (χ0) is 16.8. The van der Waals surface area contributed by atoms with Crippen LogP contribution in [0.5, 0.6) is 11.5 Å². The molecule has 9 heteroatoms. The molecule has 2 N–H and O–H groups in total. The molecule has 0 aliphatic rings. The third-order valence-electron chi connectivity index (χ3n) is 2.81. The van der Waals surface area contributed by atoms with Gasteiger partial charge in [0.2, 0.25) is 11.8 Å². The van der Waals surface area contributed by atoms with Gasteiger partial charge >= 0.3 is 0 Å². The first-order valence-corrected chi connectivity index (χ1v) is 6.71. The van der Waals surface area contributed by atoms with Crippen LogP contribution in [0.1, 0.15) is 6.92 Å². The summed E-state index contributed by atoms with van der Waals surface area (Å²) >= 11 is 0. The summed E-state index contributed by atoms with van der Waals surface area (Å²) in [5.41, 5.74) is 0.507. The Kier molecular flexibility index (Phi) is 5.13. The summed E-state index contributed by atoms with van der Waals surface area (Å²) in [4.78, 5) is 24.1. The molecule has 1 aromatic heterocycles. The van der Waals surface area contributed by atoms with Crippen LogP contribution in [0.2, 0.25) is 0 Å². The number of ether oxygens (including phenoxy) is 2. The second-order valence-electron chi connectivity index (χ2n) is 4.56. The van der Waals surface area contributed by atoms with Gasteiger partial charge in [-0.2, -0.15) is 9.90 Å². The smallest absolute Gasteiger partial charge is 0.248 e. The van der Waals surface area contributed by atoms with Crippen LogP contribution >= 0.6 is 0 Å². The number of nitrogens with one attached hydrogen (secondary N) is 2. The lowest BCUT2D eigenvalue weighted by Crippen LogP contribution is -2.21. The predicted molar refractivity (Wildman–Crippen MR) is 82.5 cm³/mol. The first kappa shape index (κ1) is 16.3. The number of methoxy groups -OCH3 is 2. The number of hydrogen-bond donors (Lipinski definition) is 2. The number of nitrogens with zero attached hydrogens (tertiary/aromatic N) is 3. The van der Waals surface area contributed by atoms with Gasteiger partial charge in [-0.1, -0.05) is 0 Å². The van der Waals surface area contributed by atoms with Crippen LogP contribution in [0, 0.1) is 0 Å². The Hall–Kier alpha value is -3.10. The van der Waals surface area contributed by atoms with Gasteiger partial charge < -0.3 is 20.1 Å². The molecule has 0 aliphatic heterocycles. The number of carbonyl (C=O) groups excluding carboxylic acids is 2. The van der Waals surface area contributed by atoms with Crippen LogP contribution in [0.3, 0.4) is 0 Å². The van der Waals surface area contributed by atoms with E-state index in [2.05, 4.69) is 20.8 Å². The molecule has 0 saturated carbocycles. The summed E-state index contributed by atoms with van der Waals surface area (Å²) in [5.74, 6) is 0.786. The van der Waals surface area contributed by atoms with Crippen LogP contribution in [0.25, 0.3) is 0 Å². The van der Waals surface area contributed by atoms with Crippen molar-refractivity contribution in [3.63, 3.8) is 0 Å². The number of hydrogen-bond acceptors (Lipinski definition) is 6. The number of anilines is 2. The normalized spacial score (nSPS) is 10.0. The van der Waals surface area contributed by atoms with Crippen LogP contribution in [0.15, 0.2) is 24.4 Å². The van der Waals surface area contributed by atoms with E-state index in [9.17, 15) is 9.59 Å². The summed E-state index contributed by atoms with van der Waals surface area (Å²) in [6, 6.07) is 5.05. The van der Waals surface area contributed by atoms with Crippen molar-refractivity contribution in [3.8, 4) is 11.5 Å². The van der Waals surface area contributed by atoms with Crippen molar-refractivity contribution in [1.29, 1.82) is 0 Å². The molecule has 122 valence electrons. The van der Waals surface area contributed by atoms with Gasteiger partial charge in [0, 0.05) is 13.0 Å². The van der Waals surface area contributed by atoms with Gasteiger partial charge in [0.1, 0.15) is 18.0 Å². The molecule has 23 heavy (non-hydrogen) atoms. The summed E-state index contributed by atoms with van der Waals surface area (Å²) in [5, 5.41) is 13.0. The third-order valence-corrected chi connectivity index (χ3v) is 2.81. The molecule has 1 heterocycles. The number of rotatable bonds is 6. The van der Waals surface area contributed by atoms with E-state index in [0.29, 0.717) is 17.2 Å². The van der Waals surface area contributed by atoms with Crippen molar-refractivity contribution in [2.75, 3.05) is 24.9 Å². The molecule has 2 aromatic rings. The minimum Gasteiger partial charge on any atom is -0.497 e. The largest absolute Gasteiger partial charge is 0.497 e. The van der Waals surface area contributed by atoms with E-state index in [1.54, 1.807) is 25.3 Å². The maximum atomic E-state index is 12.0. The topological polar surface area (TPSA) is 107 Å². The zero-order valence-electron chi connectivity index (χ0n) is 13.0. The van der Waals surface area contributed by atoms with E-state index in [4.69, 9.17) is 9.47 Å². The highest BCUT2D eigenvalue weighted by Gasteiger charge is 2.11. The van der Waals surface area contributed by atoms with Crippen LogP contribution in [0.4, 0.5) is 11.5 Å². The molecule has 0 aliphatic carbocycles. The Labute approximate surface area is 132 Å². The van der Waals surface area contributed by atoms with Crippen molar-refractivity contribution >= 4 is 23.3 Å². The Morgan fingerprint density at radius 1 is 1.22 bits per heavy atom. The monoisotopic (exact) mass is 319 g/mol. The van der Waals surface area contributed by atoms with Crippen LogP contribution in [-0.2, 0) is 16.1 Å². The first-order valence-electron chi connectivity index (χ1n) is 6.71. The fourth-order valence-corrected chi connectivity index (χ4v) is 1.83.